The molecule has 0 bridgehead atoms. The minimum absolute atomic E-state index is 0. The fourth-order valence-corrected chi connectivity index (χ4v) is 6.34. The van der Waals surface area contributed by atoms with Crippen LogP contribution in [0.2, 0.25) is 0 Å². The number of unbranched alkanes of at least 4 members (excludes halogenated alkanes) is 14. The normalized spacial score (nSPS) is 11.2. The Morgan fingerprint density at radius 2 is 0.806 bits per heavy atom. The molecule has 0 saturated heterocycles. The van der Waals surface area contributed by atoms with Crippen LogP contribution in [0.25, 0.3) is 0 Å². The fourth-order valence-electron chi connectivity index (χ4n) is 5.38. The smallest absolute Gasteiger partial charge is 0.0566 e. The third kappa shape index (κ3) is 18.6. The van der Waals surface area contributed by atoms with Gasteiger partial charge in [0.2, 0.25) is 0 Å². The lowest BCUT2D eigenvalue weighted by molar-refractivity contribution is -0.00000758. The Bertz CT molecular complexity index is 658. The minimum Gasteiger partial charge on any atom is -1.00 e. The van der Waals surface area contributed by atoms with Gasteiger partial charge in [0.05, 0.1) is 6.16 Å². The van der Waals surface area contributed by atoms with E-state index >= 15 is 0 Å². The van der Waals surface area contributed by atoms with Crippen molar-refractivity contribution in [2.75, 3.05) is 19.5 Å². The second kappa shape index (κ2) is 23.5. The van der Waals surface area contributed by atoms with E-state index in [1.165, 1.54) is 133 Å². The molecule has 0 nitrogen and oxygen atoms in total. The first kappa shape index (κ1) is 33.4. The lowest BCUT2D eigenvalue weighted by Gasteiger charge is -2.17. The summed E-state index contributed by atoms with van der Waals surface area (Å²) in [5.74, 6) is 0.765. The Balaban J connectivity index is 0.00000648. The largest absolute Gasteiger partial charge is 1.00 e. The Kier molecular flexibility index (Phi) is 21.8. The molecule has 2 aromatic rings. The molecular formula is C34H56BrP. The van der Waals surface area contributed by atoms with Crippen molar-refractivity contribution in [3.63, 3.8) is 0 Å². The zero-order valence-corrected chi connectivity index (χ0v) is 26.2. The number of hydrogen-bond acceptors (Lipinski definition) is 0. The molecule has 0 aliphatic carbocycles. The van der Waals surface area contributed by atoms with Gasteiger partial charge >= 0.3 is 0 Å². The summed E-state index contributed by atoms with van der Waals surface area (Å²) in [4.78, 5) is 0. The monoisotopic (exact) mass is 574 g/mol. The Hall–Kier alpha value is -0.650. The third-order valence-corrected chi connectivity index (χ3v) is 8.88. The lowest BCUT2D eigenvalue weighted by atomic mass is 9.88. The van der Waals surface area contributed by atoms with E-state index in [2.05, 4.69) is 74.0 Å². The van der Waals surface area contributed by atoms with Crippen molar-refractivity contribution < 1.29 is 17.0 Å². The molecule has 0 spiro atoms. The molecule has 0 aliphatic rings. The van der Waals surface area contributed by atoms with Gasteiger partial charge in [0.1, 0.15) is 0 Å². The molecule has 0 amide bonds. The molecule has 2 aromatic carbocycles. The van der Waals surface area contributed by atoms with Crippen molar-refractivity contribution in [3.05, 3.63) is 71.8 Å². The van der Waals surface area contributed by atoms with Crippen LogP contribution in [-0.4, -0.2) is 19.5 Å². The maximum absolute atomic E-state index is 2.45. The summed E-state index contributed by atoms with van der Waals surface area (Å²) in [6, 6.07) is 22.2. The van der Waals surface area contributed by atoms with E-state index in [0.717, 1.165) is 5.92 Å². The fraction of sp³-hybridized carbons (Fsp3) is 0.647. The maximum Gasteiger partial charge on any atom is 0.0566 e. The summed E-state index contributed by atoms with van der Waals surface area (Å²) >= 11 is 0. The highest BCUT2D eigenvalue weighted by atomic mass is 79.9. The van der Waals surface area contributed by atoms with E-state index in [0.29, 0.717) is 0 Å². The number of rotatable bonds is 22. The molecule has 0 unspecified atom stereocenters. The number of halogens is 1. The summed E-state index contributed by atoms with van der Waals surface area (Å²) in [5, 5.41) is 0. The first-order valence-corrected chi connectivity index (χ1v) is 17.8. The van der Waals surface area contributed by atoms with Gasteiger partial charge in [-0.1, -0.05) is 144 Å². The van der Waals surface area contributed by atoms with Crippen molar-refractivity contribution >= 4 is 7.92 Å². The quantitative estimate of drug-likeness (QED) is 0.0993. The van der Waals surface area contributed by atoms with Crippen LogP contribution in [0.5, 0.6) is 0 Å². The van der Waals surface area contributed by atoms with E-state index in [-0.39, 0.29) is 24.9 Å². The van der Waals surface area contributed by atoms with Crippen molar-refractivity contribution in [3.8, 4) is 0 Å². The van der Waals surface area contributed by atoms with Crippen LogP contribution in [-0.2, 0) is 12.8 Å². The van der Waals surface area contributed by atoms with Gasteiger partial charge in [0, 0.05) is 13.3 Å². The molecule has 2 heteroatoms. The molecule has 0 heterocycles. The van der Waals surface area contributed by atoms with Crippen LogP contribution in [0.3, 0.4) is 0 Å². The molecule has 0 N–H and O–H groups in total. The van der Waals surface area contributed by atoms with E-state index in [9.17, 15) is 0 Å². The molecule has 0 radical (unpaired) electrons. The molecule has 0 atom stereocenters. The zero-order valence-electron chi connectivity index (χ0n) is 23.7. The molecular weight excluding hydrogens is 519 g/mol. The van der Waals surface area contributed by atoms with Gasteiger partial charge < -0.3 is 17.0 Å². The van der Waals surface area contributed by atoms with E-state index in [1.54, 1.807) is 0 Å². The molecule has 0 saturated carbocycles. The van der Waals surface area contributed by atoms with Gasteiger partial charge in [0.15, 0.2) is 0 Å². The molecule has 36 heavy (non-hydrogen) atoms. The van der Waals surface area contributed by atoms with Crippen LogP contribution in [0.4, 0.5) is 0 Å². The maximum atomic E-state index is 2.45. The van der Waals surface area contributed by atoms with Gasteiger partial charge in [-0.15, -0.1) is 0 Å². The van der Waals surface area contributed by atoms with Crippen molar-refractivity contribution in [2.45, 2.75) is 116 Å². The number of hydrogen-bond donors (Lipinski definition) is 0. The van der Waals surface area contributed by atoms with Crippen LogP contribution in [0.1, 0.15) is 114 Å². The summed E-state index contributed by atoms with van der Waals surface area (Å²) in [7, 11) is 0.0216. The second-order valence-corrected chi connectivity index (χ2v) is 14.2. The molecule has 0 aliphatic heterocycles. The first-order valence-electron chi connectivity index (χ1n) is 15.1. The molecule has 2 rings (SSSR count). The molecule has 204 valence electrons. The first-order chi connectivity index (χ1) is 17.2. The van der Waals surface area contributed by atoms with Crippen LogP contribution < -0.4 is 17.0 Å². The molecule has 0 fully saturated rings. The molecule has 0 aromatic heterocycles. The van der Waals surface area contributed by atoms with Gasteiger partial charge in [0.25, 0.3) is 0 Å². The zero-order chi connectivity index (χ0) is 24.8. The Morgan fingerprint density at radius 3 is 1.17 bits per heavy atom. The van der Waals surface area contributed by atoms with E-state index in [1.807, 2.05) is 0 Å². The average molecular weight is 576 g/mol. The van der Waals surface area contributed by atoms with Gasteiger partial charge in [-0.05, 0) is 57.1 Å². The van der Waals surface area contributed by atoms with Gasteiger partial charge in [-0.25, -0.2) is 0 Å². The number of benzene rings is 2. The highest BCUT2D eigenvalue weighted by molar-refractivity contribution is 7.55. The minimum atomic E-state index is 0. The highest BCUT2D eigenvalue weighted by Crippen LogP contribution is 2.26. The van der Waals surface area contributed by atoms with Crippen LogP contribution in [0, 0.1) is 5.92 Å². The Morgan fingerprint density at radius 1 is 0.472 bits per heavy atom. The van der Waals surface area contributed by atoms with Crippen LogP contribution >= 0.6 is 7.92 Å². The van der Waals surface area contributed by atoms with E-state index < -0.39 is 0 Å². The SMILES string of the molecule is C[PH+](C)CCCCCCCCCCCCCCCCCC(Cc1ccccc1)Cc1ccccc1.[Br-]. The summed E-state index contributed by atoms with van der Waals surface area (Å²) in [6.45, 7) is 4.89. The lowest BCUT2D eigenvalue weighted by Crippen LogP contribution is -3.00. The summed E-state index contributed by atoms with van der Waals surface area (Å²) in [6.07, 6.45) is 27.2. The second-order valence-electron chi connectivity index (χ2n) is 11.3. The Labute approximate surface area is 237 Å². The highest BCUT2D eigenvalue weighted by Gasteiger charge is 2.11. The van der Waals surface area contributed by atoms with Crippen molar-refractivity contribution in [1.82, 2.24) is 0 Å². The van der Waals surface area contributed by atoms with Gasteiger partial charge in [-0.2, -0.15) is 0 Å². The standard InChI is InChI=1S/C34H55P.BrH/c1-35(2)29-23-15-13-11-9-7-5-3-4-6-8-10-12-14-18-28-34(30-32-24-19-16-20-25-32)31-33-26-21-17-22-27-33;/h16-17,19-22,24-27,34H,3-15,18,23,28-31H2,1-2H3;1H. The van der Waals surface area contributed by atoms with Crippen LogP contribution in [0.15, 0.2) is 60.7 Å². The average Bonchev–Trinajstić information content (AvgIpc) is 2.87. The van der Waals surface area contributed by atoms with Gasteiger partial charge in [-0.3, -0.25) is 0 Å². The van der Waals surface area contributed by atoms with E-state index in [4.69, 9.17) is 0 Å². The van der Waals surface area contributed by atoms with Crippen molar-refractivity contribution in [2.24, 2.45) is 5.92 Å². The summed E-state index contributed by atoms with van der Waals surface area (Å²) < 4.78 is 0. The third-order valence-electron chi connectivity index (χ3n) is 7.52. The summed E-state index contributed by atoms with van der Waals surface area (Å²) in [5.41, 5.74) is 2.99. The predicted octanol–water partition coefficient (Wildman–Crippen LogP) is 7.81. The predicted molar refractivity (Wildman–Crippen MR) is 163 cm³/mol. The van der Waals surface area contributed by atoms with Crippen molar-refractivity contribution in [1.29, 1.82) is 0 Å². The topological polar surface area (TPSA) is 0 Å².